The van der Waals surface area contributed by atoms with Gasteiger partial charge in [-0.1, -0.05) is 6.07 Å². The monoisotopic (exact) mass is 552 g/mol. The Morgan fingerprint density at radius 3 is 2.45 bits per heavy atom. The van der Waals surface area contributed by atoms with Gasteiger partial charge < -0.3 is 20.9 Å². The van der Waals surface area contributed by atoms with Crippen LogP contribution in [0.15, 0.2) is 47.4 Å². The molecule has 1 aliphatic rings. The summed E-state index contributed by atoms with van der Waals surface area (Å²) < 4.78 is 42.5. The Morgan fingerprint density at radius 1 is 1.02 bits per heavy atom. The van der Waals surface area contributed by atoms with Crippen molar-refractivity contribution in [2.45, 2.75) is 13.1 Å². The smallest absolute Gasteiger partial charge is 0.369 e. The van der Waals surface area contributed by atoms with E-state index in [-0.39, 0.29) is 22.9 Å². The number of alkyl halides is 3. The molecule has 0 bridgehead atoms. The van der Waals surface area contributed by atoms with E-state index in [1.54, 1.807) is 25.1 Å². The quantitative estimate of drug-likeness (QED) is 0.396. The standard InChI is InChI=1S/C27H27F3N8O2/c1-15-4-5-18(13-20(15)22-25(40)37(3)23-21(34-22)14-32-26(31)35-23)33-24(39)16-10-17(27(28,29)30)12-19(11-16)38-8-6-36(2)7-9-38/h4-5,10-14H,6-9H2,1-3H3,(H,33,39)(H2,31,32,35). The summed E-state index contributed by atoms with van der Waals surface area (Å²) in [6, 6.07) is 8.26. The van der Waals surface area contributed by atoms with Crippen LogP contribution < -0.4 is 21.5 Å². The zero-order valence-corrected chi connectivity index (χ0v) is 22.1. The Morgan fingerprint density at radius 2 is 1.75 bits per heavy atom. The summed E-state index contributed by atoms with van der Waals surface area (Å²) in [4.78, 5) is 42.7. The Kier molecular flexibility index (Phi) is 6.92. The number of anilines is 3. The van der Waals surface area contributed by atoms with Crippen molar-refractivity contribution >= 4 is 34.4 Å². The highest BCUT2D eigenvalue weighted by Gasteiger charge is 2.32. The van der Waals surface area contributed by atoms with Crippen molar-refractivity contribution in [1.82, 2.24) is 24.4 Å². The highest BCUT2D eigenvalue weighted by molar-refractivity contribution is 6.05. The fourth-order valence-electron chi connectivity index (χ4n) is 4.62. The van der Waals surface area contributed by atoms with Crippen LogP contribution in [-0.2, 0) is 13.2 Å². The van der Waals surface area contributed by atoms with Gasteiger partial charge in [-0.3, -0.25) is 14.2 Å². The van der Waals surface area contributed by atoms with Crippen molar-refractivity contribution in [3.63, 3.8) is 0 Å². The highest BCUT2D eigenvalue weighted by atomic mass is 19.4. The minimum Gasteiger partial charge on any atom is -0.369 e. The van der Waals surface area contributed by atoms with Crippen molar-refractivity contribution < 1.29 is 18.0 Å². The van der Waals surface area contributed by atoms with E-state index in [0.29, 0.717) is 54.2 Å². The molecular weight excluding hydrogens is 525 g/mol. The Balaban J connectivity index is 1.50. The summed E-state index contributed by atoms with van der Waals surface area (Å²) in [6.45, 7) is 4.27. The van der Waals surface area contributed by atoms with Crippen LogP contribution in [0.5, 0.6) is 0 Å². The molecule has 3 heterocycles. The summed E-state index contributed by atoms with van der Waals surface area (Å²) in [7, 11) is 3.49. The molecule has 1 saturated heterocycles. The minimum atomic E-state index is -4.62. The average molecular weight is 553 g/mol. The van der Waals surface area contributed by atoms with E-state index in [4.69, 9.17) is 5.73 Å². The zero-order valence-electron chi connectivity index (χ0n) is 22.1. The first-order chi connectivity index (χ1) is 18.9. The third-order valence-electron chi connectivity index (χ3n) is 6.95. The number of benzene rings is 2. The second-order valence-electron chi connectivity index (χ2n) is 9.80. The summed E-state index contributed by atoms with van der Waals surface area (Å²) in [5.41, 5.74) is 6.69. The molecule has 1 amide bonds. The molecule has 0 aliphatic carbocycles. The molecule has 4 aromatic rings. The number of nitrogens with zero attached hydrogens (tertiary/aromatic N) is 6. The topological polar surface area (TPSA) is 122 Å². The number of carbonyl (C=O) groups is 1. The van der Waals surface area contributed by atoms with Crippen molar-refractivity contribution in [1.29, 1.82) is 0 Å². The van der Waals surface area contributed by atoms with Crippen LogP contribution in [0.1, 0.15) is 21.5 Å². The maximum atomic E-state index is 13.7. The van der Waals surface area contributed by atoms with Crippen LogP contribution in [0.2, 0.25) is 0 Å². The number of aryl methyl sites for hydroxylation is 2. The van der Waals surface area contributed by atoms with Crippen LogP contribution in [0, 0.1) is 6.92 Å². The number of halogens is 3. The van der Waals surface area contributed by atoms with Gasteiger partial charge >= 0.3 is 6.18 Å². The van der Waals surface area contributed by atoms with E-state index in [1.807, 2.05) is 11.9 Å². The molecular formula is C27H27F3N8O2. The zero-order chi connectivity index (χ0) is 28.8. The molecule has 2 aromatic carbocycles. The van der Waals surface area contributed by atoms with Gasteiger partial charge in [-0.25, -0.2) is 9.97 Å². The molecule has 1 fully saturated rings. The highest BCUT2D eigenvalue weighted by Crippen LogP contribution is 2.34. The van der Waals surface area contributed by atoms with Gasteiger partial charge in [0, 0.05) is 55.7 Å². The van der Waals surface area contributed by atoms with E-state index < -0.39 is 23.2 Å². The van der Waals surface area contributed by atoms with Crippen LogP contribution in [0.4, 0.5) is 30.5 Å². The predicted molar refractivity (Wildman–Crippen MR) is 146 cm³/mol. The molecule has 0 spiro atoms. The second-order valence-corrected chi connectivity index (χ2v) is 9.80. The van der Waals surface area contributed by atoms with Gasteiger partial charge in [0.1, 0.15) is 11.2 Å². The number of nitrogen functional groups attached to an aromatic ring is 1. The molecule has 3 N–H and O–H groups in total. The van der Waals surface area contributed by atoms with Crippen LogP contribution in [-0.4, -0.2) is 63.6 Å². The first kappa shape index (κ1) is 27.1. The molecule has 40 heavy (non-hydrogen) atoms. The number of amides is 1. The Hall–Kier alpha value is -4.52. The molecule has 1 aliphatic heterocycles. The van der Waals surface area contributed by atoms with Crippen molar-refractivity contribution in [3.8, 4) is 11.3 Å². The lowest BCUT2D eigenvalue weighted by Crippen LogP contribution is -2.44. The number of fused-ring (bicyclic) bond motifs is 1. The average Bonchev–Trinajstić information content (AvgIpc) is 2.92. The number of nitrogens with one attached hydrogen (secondary N) is 1. The van der Waals surface area contributed by atoms with Gasteiger partial charge in [-0.2, -0.15) is 18.2 Å². The first-order valence-corrected chi connectivity index (χ1v) is 12.5. The lowest BCUT2D eigenvalue weighted by atomic mass is 10.0. The number of aromatic nitrogens is 4. The number of hydrogen-bond acceptors (Lipinski definition) is 8. The van der Waals surface area contributed by atoms with Gasteiger partial charge in [-0.15, -0.1) is 0 Å². The molecule has 2 aromatic heterocycles. The maximum absolute atomic E-state index is 13.7. The number of likely N-dealkylation sites (N-methyl/N-ethyl adjacent to an activating group) is 1. The lowest BCUT2D eigenvalue weighted by Gasteiger charge is -2.34. The summed E-state index contributed by atoms with van der Waals surface area (Å²) >= 11 is 0. The number of piperazine rings is 1. The van der Waals surface area contributed by atoms with Crippen LogP contribution in [0.3, 0.4) is 0 Å². The second kappa shape index (κ2) is 10.2. The molecule has 208 valence electrons. The predicted octanol–water partition coefficient (Wildman–Crippen LogP) is 3.30. The summed E-state index contributed by atoms with van der Waals surface area (Å²) in [5.74, 6) is -0.706. The molecule has 13 heteroatoms. The maximum Gasteiger partial charge on any atom is 0.416 e. The third kappa shape index (κ3) is 5.32. The fraction of sp³-hybridized carbons (Fsp3) is 0.296. The molecule has 0 radical (unpaired) electrons. The van der Waals surface area contributed by atoms with Crippen molar-refractivity contribution in [3.05, 3.63) is 69.6 Å². The summed E-state index contributed by atoms with van der Waals surface area (Å²) in [6.07, 6.45) is -3.21. The number of rotatable bonds is 4. The van der Waals surface area contributed by atoms with Gasteiger partial charge in [-0.05, 0) is 49.9 Å². The number of hydrogen-bond donors (Lipinski definition) is 2. The largest absolute Gasteiger partial charge is 0.416 e. The van der Waals surface area contributed by atoms with Crippen LogP contribution in [0.25, 0.3) is 22.4 Å². The van der Waals surface area contributed by atoms with Crippen LogP contribution >= 0.6 is 0 Å². The molecule has 0 unspecified atom stereocenters. The summed E-state index contributed by atoms with van der Waals surface area (Å²) in [5, 5.41) is 2.68. The molecule has 0 saturated carbocycles. The van der Waals surface area contributed by atoms with E-state index in [9.17, 15) is 22.8 Å². The van der Waals surface area contributed by atoms with Gasteiger partial charge in [0.2, 0.25) is 5.95 Å². The minimum absolute atomic E-state index is 0.00307. The normalized spacial score (nSPS) is 14.5. The van der Waals surface area contributed by atoms with Crippen molar-refractivity contribution in [2.24, 2.45) is 7.05 Å². The molecule has 5 rings (SSSR count). The SMILES string of the molecule is Cc1ccc(NC(=O)c2cc(N3CCN(C)CC3)cc(C(F)(F)F)c2)cc1-c1nc2cnc(N)nc2n(C)c1=O. The molecule has 0 atom stereocenters. The van der Waals surface area contributed by atoms with Crippen molar-refractivity contribution in [2.75, 3.05) is 49.2 Å². The van der Waals surface area contributed by atoms with Gasteiger partial charge in [0.25, 0.3) is 11.5 Å². The number of carbonyl (C=O) groups excluding carboxylic acids is 1. The van der Waals surface area contributed by atoms with E-state index >= 15 is 0 Å². The number of nitrogens with two attached hydrogens (primary N) is 1. The fourth-order valence-corrected chi connectivity index (χ4v) is 4.62. The molecule has 10 nitrogen and oxygen atoms in total. The van der Waals surface area contributed by atoms with Gasteiger partial charge in [0.05, 0.1) is 11.8 Å². The van der Waals surface area contributed by atoms with E-state index in [0.717, 1.165) is 12.1 Å². The first-order valence-electron chi connectivity index (χ1n) is 12.5. The van der Waals surface area contributed by atoms with E-state index in [1.165, 1.54) is 23.9 Å². The Bertz CT molecular complexity index is 1680. The Labute approximate surface area is 227 Å². The lowest BCUT2D eigenvalue weighted by molar-refractivity contribution is -0.137. The van der Waals surface area contributed by atoms with E-state index in [2.05, 4.69) is 25.2 Å². The van der Waals surface area contributed by atoms with Gasteiger partial charge in [0.15, 0.2) is 5.65 Å². The third-order valence-corrected chi connectivity index (χ3v) is 6.95.